The Bertz CT molecular complexity index is 807. The molecule has 0 aliphatic carbocycles. The molecule has 0 heterocycles. The molecule has 0 atom stereocenters. The number of benzene rings is 2. The van der Waals surface area contributed by atoms with Crippen LogP contribution in [-0.2, 0) is 10.0 Å². The van der Waals surface area contributed by atoms with Crippen molar-refractivity contribution in [2.45, 2.75) is 18.7 Å². The summed E-state index contributed by atoms with van der Waals surface area (Å²) in [5, 5.41) is 0. The van der Waals surface area contributed by atoms with Gasteiger partial charge in [0.1, 0.15) is 5.82 Å². The average molecular weight is 373 g/mol. The number of nitrogen functional groups attached to an aromatic ring is 1. The summed E-state index contributed by atoms with van der Waals surface area (Å²) >= 11 is 3.21. The predicted molar refractivity (Wildman–Crippen MR) is 85.2 cm³/mol. The summed E-state index contributed by atoms with van der Waals surface area (Å²) in [6.45, 7) is 3.22. The first-order chi connectivity index (χ1) is 9.70. The number of sulfonamides is 1. The van der Waals surface area contributed by atoms with Crippen molar-refractivity contribution in [2.24, 2.45) is 0 Å². The molecule has 0 saturated heterocycles. The minimum atomic E-state index is -3.85. The molecule has 0 radical (unpaired) electrons. The fourth-order valence-electron chi connectivity index (χ4n) is 1.82. The van der Waals surface area contributed by atoms with Gasteiger partial charge >= 0.3 is 0 Å². The van der Waals surface area contributed by atoms with Crippen molar-refractivity contribution < 1.29 is 12.8 Å². The number of hydrogen-bond acceptors (Lipinski definition) is 3. The highest BCUT2D eigenvalue weighted by Crippen LogP contribution is 2.28. The zero-order valence-electron chi connectivity index (χ0n) is 11.4. The van der Waals surface area contributed by atoms with Gasteiger partial charge in [-0.25, -0.2) is 12.8 Å². The van der Waals surface area contributed by atoms with E-state index < -0.39 is 15.8 Å². The maximum absolute atomic E-state index is 13.5. The molecule has 4 nitrogen and oxygen atoms in total. The van der Waals surface area contributed by atoms with Gasteiger partial charge in [-0.2, -0.15) is 0 Å². The van der Waals surface area contributed by atoms with E-state index in [1.165, 1.54) is 18.2 Å². The highest BCUT2D eigenvalue weighted by Gasteiger charge is 2.19. The fourth-order valence-corrected chi connectivity index (χ4v) is 3.80. The van der Waals surface area contributed by atoms with Crippen LogP contribution in [0, 0.1) is 19.7 Å². The molecular weight excluding hydrogens is 359 g/mol. The molecule has 0 spiro atoms. The highest BCUT2D eigenvalue weighted by atomic mass is 79.9. The zero-order chi connectivity index (χ0) is 15.8. The molecule has 0 aliphatic heterocycles. The van der Waals surface area contributed by atoms with Crippen LogP contribution in [-0.4, -0.2) is 8.42 Å². The number of rotatable bonds is 3. The fraction of sp³-hybridized carbons (Fsp3) is 0.143. The molecule has 0 fully saturated rings. The van der Waals surface area contributed by atoms with E-state index >= 15 is 0 Å². The SMILES string of the molecule is Cc1ccc(NS(=O)(=O)c2cc(Br)cc(N)c2C)cc1F. The van der Waals surface area contributed by atoms with Crippen LogP contribution in [0.2, 0.25) is 0 Å². The van der Waals surface area contributed by atoms with Crippen LogP contribution in [0.15, 0.2) is 39.7 Å². The Morgan fingerprint density at radius 2 is 1.86 bits per heavy atom. The van der Waals surface area contributed by atoms with Crippen LogP contribution in [0.5, 0.6) is 0 Å². The van der Waals surface area contributed by atoms with Crippen molar-refractivity contribution in [3.63, 3.8) is 0 Å². The summed E-state index contributed by atoms with van der Waals surface area (Å²) < 4.78 is 41.2. The van der Waals surface area contributed by atoms with Gasteiger partial charge in [-0.05, 0) is 49.2 Å². The Labute approximate surface area is 131 Å². The summed E-state index contributed by atoms with van der Waals surface area (Å²) in [4.78, 5) is 0.0513. The van der Waals surface area contributed by atoms with E-state index in [1.807, 2.05) is 0 Å². The predicted octanol–water partition coefficient (Wildman–Crippen LogP) is 3.59. The summed E-state index contributed by atoms with van der Waals surface area (Å²) in [7, 11) is -3.85. The number of halogens is 2. The molecule has 112 valence electrons. The van der Waals surface area contributed by atoms with Gasteiger partial charge in [0, 0.05) is 10.2 Å². The van der Waals surface area contributed by atoms with Crippen molar-refractivity contribution in [1.82, 2.24) is 0 Å². The number of hydrogen-bond donors (Lipinski definition) is 2. The average Bonchev–Trinajstić information content (AvgIpc) is 2.37. The van der Waals surface area contributed by atoms with E-state index in [0.29, 0.717) is 21.3 Å². The molecule has 21 heavy (non-hydrogen) atoms. The van der Waals surface area contributed by atoms with E-state index in [9.17, 15) is 12.8 Å². The molecule has 0 saturated carbocycles. The first-order valence-electron chi connectivity index (χ1n) is 6.05. The second-order valence-electron chi connectivity index (χ2n) is 4.69. The lowest BCUT2D eigenvalue weighted by Gasteiger charge is -2.13. The molecular formula is C14H14BrFN2O2S. The molecule has 0 aliphatic rings. The van der Waals surface area contributed by atoms with Crippen LogP contribution in [0.1, 0.15) is 11.1 Å². The Morgan fingerprint density at radius 3 is 2.48 bits per heavy atom. The standard InChI is InChI=1S/C14H14BrFN2O2S/c1-8-3-4-11(7-12(8)16)18-21(19,20)14-6-10(15)5-13(17)9(14)2/h3-7,18H,17H2,1-2H3. The summed E-state index contributed by atoms with van der Waals surface area (Å²) in [6.07, 6.45) is 0. The summed E-state index contributed by atoms with van der Waals surface area (Å²) in [6, 6.07) is 7.24. The largest absolute Gasteiger partial charge is 0.398 e. The van der Waals surface area contributed by atoms with Crippen LogP contribution in [0.25, 0.3) is 0 Å². The first-order valence-corrected chi connectivity index (χ1v) is 8.33. The molecule has 0 unspecified atom stereocenters. The van der Waals surface area contributed by atoms with Crippen molar-refractivity contribution in [1.29, 1.82) is 0 Å². The van der Waals surface area contributed by atoms with Gasteiger partial charge in [-0.15, -0.1) is 0 Å². The molecule has 2 aromatic rings. The minimum absolute atomic E-state index is 0.0513. The third-order valence-corrected chi connectivity index (χ3v) is 5.04. The van der Waals surface area contributed by atoms with Gasteiger partial charge in [-0.3, -0.25) is 4.72 Å². The molecule has 0 amide bonds. The van der Waals surface area contributed by atoms with E-state index in [-0.39, 0.29) is 10.6 Å². The first kappa shape index (κ1) is 15.8. The van der Waals surface area contributed by atoms with Crippen molar-refractivity contribution >= 4 is 37.3 Å². The van der Waals surface area contributed by atoms with E-state index in [4.69, 9.17) is 5.73 Å². The summed E-state index contributed by atoms with van der Waals surface area (Å²) in [5.41, 5.74) is 7.19. The third-order valence-electron chi connectivity index (χ3n) is 3.08. The lowest BCUT2D eigenvalue weighted by Crippen LogP contribution is -2.15. The summed E-state index contributed by atoms with van der Waals surface area (Å²) in [5.74, 6) is -0.472. The zero-order valence-corrected chi connectivity index (χ0v) is 13.8. The molecule has 3 N–H and O–H groups in total. The topological polar surface area (TPSA) is 72.2 Å². The quantitative estimate of drug-likeness (QED) is 0.808. The molecule has 7 heteroatoms. The molecule has 0 bridgehead atoms. The van der Waals surface area contributed by atoms with Crippen LogP contribution in [0.3, 0.4) is 0 Å². The second kappa shape index (κ2) is 5.65. The molecule has 2 aromatic carbocycles. The van der Waals surface area contributed by atoms with Crippen LogP contribution in [0.4, 0.5) is 15.8 Å². The lowest BCUT2D eigenvalue weighted by atomic mass is 10.2. The van der Waals surface area contributed by atoms with Gasteiger partial charge in [0.05, 0.1) is 10.6 Å². The number of nitrogens with one attached hydrogen (secondary N) is 1. The van der Waals surface area contributed by atoms with E-state index in [2.05, 4.69) is 20.7 Å². The monoisotopic (exact) mass is 372 g/mol. The van der Waals surface area contributed by atoms with Crippen LogP contribution >= 0.6 is 15.9 Å². The van der Waals surface area contributed by atoms with Crippen molar-refractivity contribution in [3.8, 4) is 0 Å². The Morgan fingerprint density at radius 1 is 1.19 bits per heavy atom. The molecule has 0 aromatic heterocycles. The highest BCUT2D eigenvalue weighted by molar-refractivity contribution is 9.10. The van der Waals surface area contributed by atoms with E-state index in [1.54, 1.807) is 19.9 Å². The maximum Gasteiger partial charge on any atom is 0.262 e. The Kier molecular flexibility index (Phi) is 4.25. The number of nitrogens with two attached hydrogens (primary N) is 1. The van der Waals surface area contributed by atoms with Gasteiger partial charge in [0.15, 0.2) is 0 Å². The van der Waals surface area contributed by atoms with E-state index in [0.717, 1.165) is 6.07 Å². The molecule has 2 rings (SSSR count). The van der Waals surface area contributed by atoms with Gasteiger partial charge in [0.2, 0.25) is 0 Å². The maximum atomic E-state index is 13.5. The minimum Gasteiger partial charge on any atom is -0.398 e. The van der Waals surface area contributed by atoms with Crippen LogP contribution < -0.4 is 10.5 Å². The Balaban J connectivity index is 2.45. The van der Waals surface area contributed by atoms with Gasteiger partial charge in [-0.1, -0.05) is 22.0 Å². The van der Waals surface area contributed by atoms with Gasteiger partial charge < -0.3 is 5.73 Å². The number of anilines is 2. The normalized spacial score (nSPS) is 11.4. The second-order valence-corrected chi connectivity index (χ2v) is 7.25. The van der Waals surface area contributed by atoms with Crippen molar-refractivity contribution in [2.75, 3.05) is 10.5 Å². The Hall–Kier alpha value is -1.60. The number of aryl methyl sites for hydroxylation is 1. The van der Waals surface area contributed by atoms with Crippen molar-refractivity contribution in [3.05, 3.63) is 51.7 Å². The smallest absolute Gasteiger partial charge is 0.262 e. The lowest BCUT2D eigenvalue weighted by molar-refractivity contribution is 0.600. The van der Waals surface area contributed by atoms with Gasteiger partial charge in [0.25, 0.3) is 10.0 Å². The third kappa shape index (κ3) is 3.36.